The van der Waals surface area contributed by atoms with Crippen molar-refractivity contribution in [2.24, 2.45) is 5.92 Å². The van der Waals surface area contributed by atoms with E-state index in [0.29, 0.717) is 11.1 Å². The highest BCUT2D eigenvalue weighted by molar-refractivity contribution is 6.74. The molecule has 2 atom stereocenters. The van der Waals surface area contributed by atoms with Crippen LogP contribution in [-0.2, 0) is 4.43 Å². The Hall–Kier alpha value is -0.0831. The van der Waals surface area contributed by atoms with Crippen molar-refractivity contribution in [1.29, 1.82) is 0 Å². The zero-order chi connectivity index (χ0) is 13.8. The van der Waals surface area contributed by atoms with Crippen LogP contribution in [0.5, 0.6) is 0 Å². The van der Waals surface area contributed by atoms with E-state index >= 15 is 0 Å². The minimum Gasteiger partial charge on any atom is -0.414 e. The fourth-order valence-electron chi connectivity index (χ4n) is 2.56. The highest BCUT2D eigenvalue weighted by Gasteiger charge is 2.39. The Labute approximate surface area is 115 Å². The molecule has 0 spiro atoms. The monoisotopic (exact) mass is 268 g/mol. The molecule has 1 fully saturated rings. The molecule has 2 heteroatoms. The van der Waals surface area contributed by atoms with Gasteiger partial charge in [-0.3, -0.25) is 0 Å². The molecule has 0 aromatic carbocycles. The van der Waals surface area contributed by atoms with Gasteiger partial charge in [0.05, 0.1) is 0 Å². The summed E-state index contributed by atoms with van der Waals surface area (Å²) in [6.45, 7) is 15.6. The van der Waals surface area contributed by atoms with Gasteiger partial charge in [0.2, 0.25) is 0 Å². The van der Waals surface area contributed by atoms with Gasteiger partial charge in [0.15, 0.2) is 8.32 Å². The van der Waals surface area contributed by atoms with E-state index < -0.39 is 8.32 Å². The van der Waals surface area contributed by atoms with Crippen LogP contribution in [-0.4, -0.2) is 14.4 Å². The molecule has 18 heavy (non-hydrogen) atoms. The Kier molecular flexibility index (Phi) is 5.66. The zero-order valence-electron chi connectivity index (χ0n) is 13.1. The molecule has 0 amide bonds. The van der Waals surface area contributed by atoms with E-state index in [-0.39, 0.29) is 0 Å². The summed E-state index contributed by atoms with van der Waals surface area (Å²) in [7, 11) is -1.57. The zero-order valence-corrected chi connectivity index (χ0v) is 14.1. The van der Waals surface area contributed by atoms with Gasteiger partial charge in [-0.15, -0.1) is 6.58 Å². The standard InChI is InChI=1S/C16H32OSi/c1-7-8-10-14-11-9-12-15(13-14)17-18(5,6)16(2,3)4/h7,14-15H,1,8-13H2,2-6H3. The van der Waals surface area contributed by atoms with Crippen molar-refractivity contribution in [3.63, 3.8) is 0 Å². The average Bonchev–Trinajstić information content (AvgIpc) is 2.24. The van der Waals surface area contributed by atoms with Crippen LogP contribution in [0, 0.1) is 5.92 Å². The van der Waals surface area contributed by atoms with E-state index in [1.165, 1.54) is 32.1 Å². The van der Waals surface area contributed by atoms with E-state index in [1.54, 1.807) is 0 Å². The largest absolute Gasteiger partial charge is 0.414 e. The molecule has 0 aromatic heterocycles. The molecule has 0 bridgehead atoms. The fraction of sp³-hybridized carbons (Fsp3) is 0.875. The van der Waals surface area contributed by atoms with E-state index in [2.05, 4.69) is 46.5 Å². The predicted molar refractivity (Wildman–Crippen MR) is 83.5 cm³/mol. The van der Waals surface area contributed by atoms with Gasteiger partial charge in [-0.25, -0.2) is 0 Å². The van der Waals surface area contributed by atoms with Gasteiger partial charge in [-0.1, -0.05) is 39.7 Å². The summed E-state index contributed by atoms with van der Waals surface area (Å²) in [5.74, 6) is 0.867. The molecule has 1 saturated carbocycles. The Morgan fingerprint density at radius 2 is 1.94 bits per heavy atom. The Morgan fingerprint density at radius 3 is 2.50 bits per heavy atom. The minimum atomic E-state index is -1.57. The number of hydrogen-bond donors (Lipinski definition) is 0. The van der Waals surface area contributed by atoms with E-state index in [4.69, 9.17) is 4.43 Å². The van der Waals surface area contributed by atoms with E-state index in [1.807, 2.05) is 0 Å². The molecular weight excluding hydrogens is 236 g/mol. The number of rotatable bonds is 5. The van der Waals surface area contributed by atoms with Gasteiger partial charge < -0.3 is 4.43 Å². The Balaban J connectivity index is 2.49. The SMILES string of the molecule is C=CCCC1CCCC(O[Si](C)(C)C(C)(C)C)C1. The van der Waals surface area contributed by atoms with E-state index in [9.17, 15) is 0 Å². The Bertz CT molecular complexity index is 265. The minimum absolute atomic E-state index is 0.334. The molecule has 0 N–H and O–H groups in total. The smallest absolute Gasteiger partial charge is 0.192 e. The lowest BCUT2D eigenvalue weighted by Gasteiger charge is -2.41. The second-order valence-corrected chi connectivity index (χ2v) is 12.2. The molecule has 1 aliphatic carbocycles. The molecule has 2 unspecified atom stereocenters. The highest BCUT2D eigenvalue weighted by atomic mass is 28.4. The van der Waals surface area contributed by atoms with E-state index in [0.717, 1.165) is 12.3 Å². The quantitative estimate of drug-likeness (QED) is 0.470. The molecule has 106 valence electrons. The van der Waals surface area contributed by atoms with Crippen LogP contribution in [0.2, 0.25) is 18.1 Å². The first-order chi connectivity index (χ1) is 8.26. The first-order valence-electron chi connectivity index (χ1n) is 7.55. The number of hydrogen-bond acceptors (Lipinski definition) is 1. The topological polar surface area (TPSA) is 9.23 Å². The summed E-state index contributed by atoms with van der Waals surface area (Å²) in [5.41, 5.74) is 0. The molecule has 0 heterocycles. The molecular formula is C16H32OSi. The molecule has 0 aliphatic heterocycles. The van der Waals surface area contributed by atoms with Crippen LogP contribution in [0.3, 0.4) is 0 Å². The predicted octanol–water partition coefficient (Wildman–Crippen LogP) is 5.53. The van der Waals surface area contributed by atoms with Crippen molar-refractivity contribution in [3.05, 3.63) is 12.7 Å². The normalized spacial score (nSPS) is 26.1. The molecule has 0 aromatic rings. The van der Waals surface area contributed by atoms with Gasteiger partial charge in [-0.05, 0) is 49.7 Å². The summed E-state index contributed by atoms with van der Waals surface area (Å²) in [6, 6.07) is 0. The molecule has 0 saturated heterocycles. The molecule has 1 aliphatic rings. The van der Waals surface area contributed by atoms with Crippen molar-refractivity contribution in [3.8, 4) is 0 Å². The average molecular weight is 269 g/mol. The number of allylic oxidation sites excluding steroid dienone is 1. The van der Waals surface area contributed by atoms with Crippen LogP contribution in [0.4, 0.5) is 0 Å². The van der Waals surface area contributed by atoms with Crippen LogP contribution >= 0.6 is 0 Å². The third kappa shape index (κ3) is 4.54. The van der Waals surface area contributed by atoms with Crippen LogP contribution < -0.4 is 0 Å². The maximum atomic E-state index is 6.57. The first kappa shape index (κ1) is 16.0. The lowest BCUT2D eigenvalue weighted by Crippen LogP contribution is -2.45. The fourth-order valence-corrected chi connectivity index (χ4v) is 3.96. The van der Waals surface area contributed by atoms with Crippen molar-refractivity contribution < 1.29 is 4.43 Å². The first-order valence-corrected chi connectivity index (χ1v) is 10.5. The summed E-state index contributed by atoms with van der Waals surface area (Å²) >= 11 is 0. The molecule has 1 rings (SSSR count). The van der Waals surface area contributed by atoms with Gasteiger partial charge in [0, 0.05) is 6.10 Å². The summed E-state index contributed by atoms with van der Waals surface area (Å²) in [6.07, 6.45) is 10.3. The third-order valence-corrected chi connectivity index (χ3v) is 9.32. The summed E-state index contributed by atoms with van der Waals surface area (Å²) in [4.78, 5) is 0. The van der Waals surface area contributed by atoms with Crippen molar-refractivity contribution in [1.82, 2.24) is 0 Å². The van der Waals surface area contributed by atoms with Gasteiger partial charge in [0.25, 0.3) is 0 Å². The lowest BCUT2D eigenvalue weighted by molar-refractivity contribution is 0.107. The van der Waals surface area contributed by atoms with Crippen LogP contribution in [0.25, 0.3) is 0 Å². The van der Waals surface area contributed by atoms with Gasteiger partial charge in [0.1, 0.15) is 0 Å². The Morgan fingerprint density at radius 1 is 1.28 bits per heavy atom. The van der Waals surface area contributed by atoms with Crippen LogP contribution in [0.1, 0.15) is 59.3 Å². The molecule has 0 radical (unpaired) electrons. The second kappa shape index (κ2) is 6.38. The summed E-state index contributed by atoms with van der Waals surface area (Å²) in [5, 5.41) is 0.334. The maximum Gasteiger partial charge on any atom is 0.192 e. The van der Waals surface area contributed by atoms with Crippen molar-refractivity contribution in [2.45, 2.75) is 83.5 Å². The lowest BCUT2D eigenvalue weighted by atomic mass is 9.84. The third-order valence-electron chi connectivity index (χ3n) is 4.78. The highest BCUT2D eigenvalue weighted by Crippen LogP contribution is 2.40. The van der Waals surface area contributed by atoms with Gasteiger partial charge in [-0.2, -0.15) is 0 Å². The summed E-state index contributed by atoms with van der Waals surface area (Å²) < 4.78 is 6.57. The maximum absolute atomic E-state index is 6.57. The molecule has 1 nitrogen and oxygen atoms in total. The van der Waals surface area contributed by atoms with Crippen LogP contribution in [0.15, 0.2) is 12.7 Å². The van der Waals surface area contributed by atoms with Crippen molar-refractivity contribution in [2.75, 3.05) is 0 Å². The van der Waals surface area contributed by atoms with Crippen molar-refractivity contribution >= 4 is 8.32 Å². The van der Waals surface area contributed by atoms with Gasteiger partial charge >= 0.3 is 0 Å². The second-order valence-electron chi connectivity index (χ2n) is 7.40.